The van der Waals surface area contributed by atoms with Gasteiger partial charge in [-0.25, -0.2) is 0 Å². The van der Waals surface area contributed by atoms with E-state index in [1.165, 1.54) is 5.56 Å². The third-order valence-electron chi connectivity index (χ3n) is 5.26. The quantitative estimate of drug-likeness (QED) is 0.523. The van der Waals surface area contributed by atoms with E-state index in [-0.39, 0.29) is 5.92 Å². The highest BCUT2D eigenvalue weighted by Gasteiger charge is 2.27. The molecule has 1 fully saturated rings. The Bertz CT molecular complexity index is 827. The highest BCUT2D eigenvalue weighted by molar-refractivity contribution is 5.80. The standard InChI is InChI=1S/C22H33N5O3/c1-6-23-22(24-9-7-20-25-21(15(2)3)26-30-20)27-10-8-16(14-27)17-11-18(28-4)13-19(12-17)29-5/h11-13,15-16H,6-10,14H2,1-5H3,(H,23,24). The Kier molecular flexibility index (Phi) is 7.54. The molecule has 1 aromatic heterocycles. The van der Waals surface area contributed by atoms with Gasteiger partial charge in [0.1, 0.15) is 11.5 Å². The maximum absolute atomic E-state index is 5.43. The van der Waals surface area contributed by atoms with Gasteiger partial charge < -0.3 is 24.2 Å². The first-order valence-corrected chi connectivity index (χ1v) is 10.6. The average molecular weight is 416 g/mol. The molecule has 3 rings (SSSR count). The lowest BCUT2D eigenvalue weighted by molar-refractivity contribution is 0.372. The van der Waals surface area contributed by atoms with E-state index in [1.54, 1.807) is 14.2 Å². The maximum Gasteiger partial charge on any atom is 0.228 e. The SMILES string of the molecule is CCNC(=NCCc1nc(C(C)C)no1)N1CCC(c2cc(OC)cc(OC)c2)C1. The number of aromatic nitrogens is 2. The van der Waals surface area contributed by atoms with Gasteiger partial charge in [0.2, 0.25) is 5.89 Å². The van der Waals surface area contributed by atoms with Crippen LogP contribution in [0, 0.1) is 0 Å². The van der Waals surface area contributed by atoms with E-state index in [1.807, 2.05) is 6.07 Å². The van der Waals surface area contributed by atoms with Crippen molar-refractivity contribution in [3.63, 3.8) is 0 Å². The van der Waals surface area contributed by atoms with Gasteiger partial charge in [0.15, 0.2) is 11.8 Å². The zero-order valence-corrected chi connectivity index (χ0v) is 18.6. The zero-order valence-electron chi connectivity index (χ0n) is 18.6. The lowest BCUT2D eigenvalue weighted by atomic mass is 9.98. The molecule has 0 bridgehead atoms. The van der Waals surface area contributed by atoms with Crippen molar-refractivity contribution in [2.75, 3.05) is 40.4 Å². The van der Waals surface area contributed by atoms with Crippen LogP contribution in [0.1, 0.15) is 56.3 Å². The van der Waals surface area contributed by atoms with E-state index in [2.05, 4.69) is 53.3 Å². The number of guanidine groups is 1. The molecule has 1 unspecified atom stereocenters. The number of benzene rings is 1. The maximum atomic E-state index is 5.43. The molecule has 164 valence electrons. The van der Waals surface area contributed by atoms with Crippen molar-refractivity contribution in [2.24, 2.45) is 4.99 Å². The first-order chi connectivity index (χ1) is 14.5. The lowest BCUT2D eigenvalue weighted by Gasteiger charge is -2.22. The number of ether oxygens (including phenoxy) is 2. The van der Waals surface area contributed by atoms with E-state index in [9.17, 15) is 0 Å². The molecular formula is C22H33N5O3. The van der Waals surface area contributed by atoms with Crippen LogP contribution in [0.2, 0.25) is 0 Å². The van der Waals surface area contributed by atoms with Crippen molar-refractivity contribution in [3.8, 4) is 11.5 Å². The van der Waals surface area contributed by atoms with Gasteiger partial charge in [0.05, 0.1) is 20.8 Å². The third kappa shape index (κ3) is 5.43. The van der Waals surface area contributed by atoms with Crippen LogP contribution in [-0.2, 0) is 6.42 Å². The van der Waals surface area contributed by atoms with Crippen LogP contribution >= 0.6 is 0 Å². The minimum absolute atomic E-state index is 0.264. The summed E-state index contributed by atoms with van der Waals surface area (Å²) < 4.78 is 16.2. The molecule has 2 heterocycles. The molecule has 1 N–H and O–H groups in total. The number of hydrogen-bond acceptors (Lipinski definition) is 6. The second-order valence-corrected chi connectivity index (χ2v) is 7.76. The van der Waals surface area contributed by atoms with Crippen molar-refractivity contribution in [2.45, 2.75) is 45.4 Å². The molecule has 0 radical (unpaired) electrons. The number of aliphatic imine (C=N–C) groups is 1. The topological polar surface area (TPSA) is 85.0 Å². The summed E-state index contributed by atoms with van der Waals surface area (Å²) >= 11 is 0. The summed E-state index contributed by atoms with van der Waals surface area (Å²) in [6.07, 6.45) is 1.70. The van der Waals surface area contributed by atoms with Gasteiger partial charge in [0, 0.05) is 44.0 Å². The molecule has 2 aromatic rings. The van der Waals surface area contributed by atoms with E-state index >= 15 is 0 Å². The summed E-state index contributed by atoms with van der Waals surface area (Å²) in [6, 6.07) is 6.11. The molecule has 8 heteroatoms. The Labute approximate surface area is 178 Å². The molecule has 0 aliphatic carbocycles. The molecule has 1 aliphatic heterocycles. The highest BCUT2D eigenvalue weighted by Crippen LogP contribution is 2.32. The van der Waals surface area contributed by atoms with E-state index in [0.717, 1.165) is 49.3 Å². The molecule has 8 nitrogen and oxygen atoms in total. The number of hydrogen-bond donors (Lipinski definition) is 1. The lowest BCUT2D eigenvalue weighted by Crippen LogP contribution is -2.40. The normalized spacial score (nSPS) is 16.9. The second-order valence-electron chi connectivity index (χ2n) is 7.76. The van der Waals surface area contributed by atoms with Crippen LogP contribution in [0.4, 0.5) is 0 Å². The molecule has 30 heavy (non-hydrogen) atoms. The molecule has 0 amide bonds. The summed E-state index contributed by atoms with van der Waals surface area (Å²) in [5.41, 5.74) is 1.23. The summed E-state index contributed by atoms with van der Waals surface area (Å²) in [4.78, 5) is 11.5. The highest BCUT2D eigenvalue weighted by atomic mass is 16.5. The van der Waals surface area contributed by atoms with Gasteiger partial charge in [-0.2, -0.15) is 4.98 Å². The van der Waals surface area contributed by atoms with Crippen LogP contribution in [0.25, 0.3) is 0 Å². The fourth-order valence-electron chi connectivity index (χ4n) is 3.58. The Balaban J connectivity index is 1.64. The molecule has 1 aliphatic rings. The average Bonchev–Trinajstić information content (AvgIpc) is 3.43. The number of nitrogens with zero attached hydrogens (tertiary/aromatic N) is 4. The van der Waals surface area contributed by atoms with Gasteiger partial charge in [-0.05, 0) is 31.0 Å². The Hall–Kier alpha value is -2.77. The van der Waals surface area contributed by atoms with Gasteiger partial charge in [-0.1, -0.05) is 19.0 Å². The van der Waals surface area contributed by atoms with Crippen LogP contribution in [-0.4, -0.2) is 61.4 Å². The zero-order chi connectivity index (χ0) is 21.5. The Morgan fingerprint density at radius 3 is 2.60 bits per heavy atom. The first kappa shape index (κ1) is 21.9. The summed E-state index contributed by atoms with van der Waals surface area (Å²) in [5.74, 6) is 4.63. The predicted octanol–water partition coefficient (Wildman–Crippen LogP) is 3.21. The number of methoxy groups -OCH3 is 2. The van der Waals surface area contributed by atoms with Crippen LogP contribution in [0.3, 0.4) is 0 Å². The smallest absolute Gasteiger partial charge is 0.228 e. The Morgan fingerprint density at radius 1 is 1.27 bits per heavy atom. The van der Waals surface area contributed by atoms with Gasteiger partial charge in [0.25, 0.3) is 0 Å². The predicted molar refractivity (Wildman–Crippen MR) is 117 cm³/mol. The fourth-order valence-corrected chi connectivity index (χ4v) is 3.58. The monoisotopic (exact) mass is 415 g/mol. The van der Waals surface area contributed by atoms with Crippen LogP contribution in [0.15, 0.2) is 27.7 Å². The van der Waals surface area contributed by atoms with Crippen molar-refractivity contribution in [3.05, 3.63) is 35.5 Å². The summed E-state index contributed by atoms with van der Waals surface area (Å²) in [7, 11) is 3.37. The largest absolute Gasteiger partial charge is 0.497 e. The molecular weight excluding hydrogens is 382 g/mol. The van der Waals surface area contributed by atoms with Gasteiger partial charge >= 0.3 is 0 Å². The minimum atomic E-state index is 0.264. The fraction of sp³-hybridized carbons (Fsp3) is 0.591. The first-order valence-electron chi connectivity index (χ1n) is 10.6. The van der Waals surface area contributed by atoms with Gasteiger partial charge in [-0.3, -0.25) is 4.99 Å². The molecule has 0 spiro atoms. The number of likely N-dealkylation sites (tertiary alicyclic amines) is 1. The Morgan fingerprint density at radius 2 is 2.00 bits per heavy atom. The van der Waals surface area contributed by atoms with Gasteiger partial charge in [-0.15, -0.1) is 0 Å². The van der Waals surface area contributed by atoms with Crippen molar-refractivity contribution in [1.29, 1.82) is 0 Å². The molecule has 1 aromatic carbocycles. The molecule has 1 atom stereocenters. The second kappa shape index (κ2) is 10.3. The third-order valence-corrected chi connectivity index (χ3v) is 5.26. The minimum Gasteiger partial charge on any atom is -0.497 e. The summed E-state index contributed by atoms with van der Waals surface area (Å²) in [5, 5.41) is 7.43. The van der Waals surface area contributed by atoms with E-state index < -0.39 is 0 Å². The van der Waals surface area contributed by atoms with Crippen LogP contribution in [0.5, 0.6) is 11.5 Å². The van der Waals surface area contributed by atoms with E-state index in [0.29, 0.717) is 24.8 Å². The molecule has 1 saturated heterocycles. The number of nitrogens with one attached hydrogen (secondary N) is 1. The van der Waals surface area contributed by atoms with Crippen molar-refractivity contribution >= 4 is 5.96 Å². The van der Waals surface area contributed by atoms with Crippen molar-refractivity contribution in [1.82, 2.24) is 20.4 Å². The summed E-state index contributed by atoms with van der Waals surface area (Å²) in [6.45, 7) is 9.48. The van der Waals surface area contributed by atoms with Crippen molar-refractivity contribution < 1.29 is 14.0 Å². The number of rotatable bonds is 8. The molecule has 0 saturated carbocycles. The van der Waals surface area contributed by atoms with E-state index in [4.69, 9.17) is 19.0 Å². The van der Waals surface area contributed by atoms with Crippen LogP contribution < -0.4 is 14.8 Å².